The van der Waals surface area contributed by atoms with E-state index in [0.29, 0.717) is 6.61 Å². The molecule has 0 aromatic heterocycles. The van der Waals surface area contributed by atoms with E-state index < -0.39 is 0 Å². The van der Waals surface area contributed by atoms with Crippen LogP contribution in [0.25, 0.3) is 0 Å². The van der Waals surface area contributed by atoms with Gasteiger partial charge in [-0.05, 0) is 18.4 Å². The van der Waals surface area contributed by atoms with Gasteiger partial charge in [0.25, 0.3) is 0 Å². The van der Waals surface area contributed by atoms with E-state index >= 15 is 0 Å². The van der Waals surface area contributed by atoms with Gasteiger partial charge in [-0.15, -0.1) is 0 Å². The first-order valence-corrected chi connectivity index (χ1v) is 5.95. The Morgan fingerprint density at radius 1 is 1.19 bits per heavy atom. The summed E-state index contributed by atoms with van der Waals surface area (Å²) in [6.45, 7) is 0.629. The van der Waals surface area contributed by atoms with E-state index in [-0.39, 0.29) is 12.0 Å². The zero-order valence-corrected chi connectivity index (χ0v) is 9.43. The van der Waals surface area contributed by atoms with Crippen LogP contribution in [0.2, 0.25) is 0 Å². The Hall–Kier alpha value is -1.33. The van der Waals surface area contributed by atoms with Gasteiger partial charge in [0.05, 0.1) is 24.7 Å². The lowest BCUT2D eigenvalue weighted by atomic mass is 9.87. The molecule has 1 saturated carbocycles. The zero-order valence-electron chi connectivity index (χ0n) is 9.43. The van der Waals surface area contributed by atoms with Crippen molar-refractivity contribution in [2.45, 2.75) is 38.4 Å². The van der Waals surface area contributed by atoms with Gasteiger partial charge in [-0.3, -0.25) is 0 Å². The van der Waals surface area contributed by atoms with Crippen LogP contribution >= 0.6 is 0 Å². The van der Waals surface area contributed by atoms with Crippen LogP contribution in [0.3, 0.4) is 0 Å². The number of hydrogen-bond donors (Lipinski definition) is 0. The van der Waals surface area contributed by atoms with E-state index in [9.17, 15) is 0 Å². The normalized spacial score (nSPS) is 24.9. The van der Waals surface area contributed by atoms with Gasteiger partial charge in [0.2, 0.25) is 0 Å². The lowest BCUT2D eigenvalue weighted by Gasteiger charge is -2.26. The van der Waals surface area contributed by atoms with E-state index in [4.69, 9.17) is 10.00 Å². The molecule has 2 heteroatoms. The van der Waals surface area contributed by atoms with Crippen LogP contribution in [0.4, 0.5) is 0 Å². The van der Waals surface area contributed by atoms with E-state index in [2.05, 4.69) is 18.2 Å². The second kappa shape index (κ2) is 5.67. The summed E-state index contributed by atoms with van der Waals surface area (Å²) in [6, 6.07) is 12.5. The zero-order chi connectivity index (χ0) is 11.2. The van der Waals surface area contributed by atoms with Gasteiger partial charge in [0, 0.05) is 0 Å². The van der Waals surface area contributed by atoms with Crippen molar-refractivity contribution < 1.29 is 4.74 Å². The molecule has 0 N–H and O–H groups in total. The number of nitriles is 1. The molecule has 2 nitrogen and oxygen atoms in total. The second-order valence-corrected chi connectivity index (χ2v) is 4.36. The Morgan fingerprint density at radius 3 is 2.69 bits per heavy atom. The van der Waals surface area contributed by atoms with Gasteiger partial charge < -0.3 is 4.74 Å². The third-order valence-electron chi connectivity index (χ3n) is 3.18. The second-order valence-electron chi connectivity index (χ2n) is 4.36. The summed E-state index contributed by atoms with van der Waals surface area (Å²) in [7, 11) is 0. The molecule has 2 unspecified atom stereocenters. The summed E-state index contributed by atoms with van der Waals surface area (Å²) >= 11 is 0. The van der Waals surface area contributed by atoms with E-state index in [1.165, 1.54) is 18.4 Å². The van der Waals surface area contributed by atoms with Crippen LogP contribution < -0.4 is 0 Å². The van der Waals surface area contributed by atoms with Crippen LogP contribution in [0.5, 0.6) is 0 Å². The first kappa shape index (κ1) is 11.2. The molecule has 2 atom stereocenters. The first-order valence-electron chi connectivity index (χ1n) is 5.95. The molecule has 1 fully saturated rings. The molecule has 1 aliphatic rings. The van der Waals surface area contributed by atoms with Crippen molar-refractivity contribution >= 4 is 0 Å². The molecule has 0 amide bonds. The Bertz CT molecular complexity index is 355. The number of benzene rings is 1. The molecule has 0 heterocycles. The number of nitrogens with zero attached hydrogens (tertiary/aromatic N) is 1. The maximum Gasteiger partial charge on any atom is 0.0737 e. The van der Waals surface area contributed by atoms with Crippen molar-refractivity contribution in [3.05, 3.63) is 35.9 Å². The number of rotatable bonds is 3. The van der Waals surface area contributed by atoms with Crippen molar-refractivity contribution in [2.24, 2.45) is 5.92 Å². The third kappa shape index (κ3) is 2.84. The lowest BCUT2D eigenvalue weighted by molar-refractivity contribution is -0.00490. The maximum atomic E-state index is 9.03. The number of hydrogen-bond acceptors (Lipinski definition) is 2. The van der Waals surface area contributed by atoms with Crippen LogP contribution in [-0.4, -0.2) is 6.10 Å². The summed E-state index contributed by atoms with van der Waals surface area (Å²) in [5, 5.41) is 9.03. The minimum absolute atomic E-state index is 0.0949. The lowest BCUT2D eigenvalue weighted by Crippen LogP contribution is -2.26. The summed E-state index contributed by atoms with van der Waals surface area (Å²) in [5.74, 6) is 0.0949. The van der Waals surface area contributed by atoms with E-state index in [0.717, 1.165) is 12.8 Å². The van der Waals surface area contributed by atoms with E-state index in [1.807, 2.05) is 18.2 Å². The number of ether oxygens (including phenoxy) is 1. The summed E-state index contributed by atoms with van der Waals surface area (Å²) in [4.78, 5) is 0. The standard InChI is InChI=1S/C14H17NO/c15-10-13-8-4-5-9-14(13)16-11-12-6-2-1-3-7-12/h1-3,6-7,13-14H,4-5,8-9,11H2. The Labute approximate surface area is 96.9 Å². The highest BCUT2D eigenvalue weighted by molar-refractivity contribution is 5.13. The Kier molecular flexibility index (Phi) is 3.96. The topological polar surface area (TPSA) is 33.0 Å². The van der Waals surface area contributed by atoms with Crippen LogP contribution in [0.1, 0.15) is 31.2 Å². The smallest absolute Gasteiger partial charge is 0.0737 e. The van der Waals surface area contributed by atoms with Crippen LogP contribution in [0, 0.1) is 17.2 Å². The summed E-state index contributed by atoms with van der Waals surface area (Å²) in [5.41, 5.74) is 1.18. The quantitative estimate of drug-likeness (QED) is 0.775. The molecule has 0 bridgehead atoms. The molecule has 0 aliphatic heterocycles. The fourth-order valence-electron chi connectivity index (χ4n) is 2.22. The molecule has 1 aromatic carbocycles. The van der Waals surface area contributed by atoms with Gasteiger partial charge in [0.15, 0.2) is 0 Å². The van der Waals surface area contributed by atoms with Gasteiger partial charge >= 0.3 is 0 Å². The van der Waals surface area contributed by atoms with Gasteiger partial charge in [-0.2, -0.15) is 5.26 Å². The molecule has 84 valence electrons. The molecular formula is C14H17NO. The Balaban J connectivity index is 1.87. The molecule has 16 heavy (non-hydrogen) atoms. The average molecular weight is 215 g/mol. The van der Waals surface area contributed by atoms with Gasteiger partial charge in [-0.25, -0.2) is 0 Å². The highest BCUT2D eigenvalue weighted by atomic mass is 16.5. The van der Waals surface area contributed by atoms with Gasteiger partial charge in [0.1, 0.15) is 0 Å². The van der Waals surface area contributed by atoms with Crippen LogP contribution in [-0.2, 0) is 11.3 Å². The maximum absolute atomic E-state index is 9.03. The molecule has 1 aliphatic carbocycles. The fourth-order valence-corrected chi connectivity index (χ4v) is 2.22. The Morgan fingerprint density at radius 2 is 1.94 bits per heavy atom. The largest absolute Gasteiger partial charge is 0.372 e. The third-order valence-corrected chi connectivity index (χ3v) is 3.18. The van der Waals surface area contributed by atoms with Crippen molar-refractivity contribution in [3.63, 3.8) is 0 Å². The highest BCUT2D eigenvalue weighted by Gasteiger charge is 2.25. The monoisotopic (exact) mass is 215 g/mol. The highest BCUT2D eigenvalue weighted by Crippen LogP contribution is 2.26. The molecule has 1 aromatic rings. The van der Waals surface area contributed by atoms with Crippen molar-refractivity contribution in [1.29, 1.82) is 5.26 Å². The molecule has 0 saturated heterocycles. The van der Waals surface area contributed by atoms with Crippen molar-refractivity contribution in [3.8, 4) is 6.07 Å². The molecule has 2 rings (SSSR count). The average Bonchev–Trinajstić information content (AvgIpc) is 2.38. The van der Waals surface area contributed by atoms with Gasteiger partial charge in [-0.1, -0.05) is 43.2 Å². The van der Waals surface area contributed by atoms with E-state index in [1.54, 1.807) is 0 Å². The van der Waals surface area contributed by atoms with Crippen LogP contribution in [0.15, 0.2) is 30.3 Å². The minimum atomic E-state index is 0.0949. The fraction of sp³-hybridized carbons (Fsp3) is 0.500. The van der Waals surface area contributed by atoms with Crippen molar-refractivity contribution in [1.82, 2.24) is 0 Å². The first-order chi connectivity index (χ1) is 7.90. The SMILES string of the molecule is N#CC1CCCCC1OCc1ccccc1. The minimum Gasteiger partial charge on any atom is -0.372 e. The summed E-state index contributed by atoms with van der Waals surface area (Å²) in [6.07, 6.45) is 4.53. The van der Waals surface area contributed by atoms with Crippen molar-refractivity contribution in [2.75, 3.05) is 0 Å². The summed E-state index contributed by atoms with van der Waals surface area (Å²) < 4.78 is 5.85. The predicted molar refractivity (Wildman–Crippen MR) is 62.6 cm³/mol. The molecule has 0 spiro atoms. The molecule has 0 radical (unpaired) electrons. The predicted octanol–water partition coefficient (Wildman–Crippen LogP) is 3.29. The molecular weight excluding hydrogens is 198 g/mol.